The van der Waals surface area contributed by atoms with Gasteiger partial charge in [0.25, 0.3) is 0 Å². The molecule has 0 aromatic heterocycles. The van der Waals surface area contributed by atoms with Crippen molar-refractivity contribution in [1.82, 2.24) is 0 Å². The van der Waals surface area contributed by atoms with Crippen molar-refractivity contribution in [3.8, 4) is 0 Å². The van der Waals surface area contributed by atoms with Crippen molar-refractivity contribution in [3.63, 3.8) is 0 Å². The van der Waals surface area contributed by atoms with Gasteiger partial charge in [-0.3, -0.25) is 0 Å². The summed E-state index contributed by atoms with van der Waals surface area (Å²) in [6.07, 6.45) is -7.08. The second kappa shape index (κ2) is 10.9. The van der Waals surface area contributed by atoms with E-state index >= 15 is 0 Å². The molecule has 1 saturated heterocycles. The van der Waals surface area contributed by atoms with Crippen molar-refractivity contribution in [2.75, 3.05) is 0 Å². The van der Waals surface area contributed by atoms with Crippen molar-refractivity contribution >= 4 is 43.6 Å². The molecule has 1 aliphatic heterocycles. The zero-order chi connectivity index (χ0) is 20.8. The number of carbonyl (C=O) groups excluding carboxylic acids is 1. The minimum atomic E-state index is -4.81. The molecule has 1 rings (SSSR count). The van der Waals surface area contributed by atoms with E-state index in [0.717, 1.165) is 6.92 Å². The summed E-state index contributed by atoms with van der Waals surface area (Å²) in [6, 6.07) is 0. The van der Waals surface area contributed by atoms with Gasteiger partial charge in [0.1, 0.15) is 0 Å². The number of halogens is 3. The molecule has 1 radical (unpaired) electrons. The van der Waals surface area contributed by atoms with Gasteiger partial charge in [-0.25, -0.2) is 0 Å². The molecular weight excluding hydrogens is 403 g/mol. The van der Waals surface area contributed by atoms with Crippen LogP contribution < -0.4 is 0 Å². The Labute approximate surface area is 162 Å². The first-order valence-corrected chi connectivity index (χ1v) is 10.1. The van der Waals surface area contributed by atoms with E-state index in [2.05, 4.69) is 4.76 Å². The molecule has 27 heavy (non-hydrogen) atoms. The molecule has 0 spiro atoms. The van der Waals surface area contributed by atoms with Crippen LogP contribution in [0.5, 0.6) is 0 Å². The zero-order valence-electron chi connectivity index (χ0n) is 15.5. The van der Waals surface area contributed by atoms with Crippen LogP contribution in [0.1, 0.15) is 34.1 Å². The van der Waals surface area contributed by atoms with Gasteiger partial charge in [0.05, 0.1) is 0 Å². The Bertz CT molecular complexity index is 555. The summed E-state index contributed by atoms with van der Waals surface area (Å²) in [5.74, 6) is -2.54. The molecule has 0 N–H and O–H groups in total. The Morgan fingerprint density at radius 1 is 1.41 bits per heavy atom. The van der Waals surface area contributed by atoms with Gasteiger partial charge in [-0.05, 0) is 0 Å². The summed E-state index contributed by atoms with van der Waals surface area (Å²) >= 11 is 0. The maximum atomic E-state index is 13.1. The predicted octanol–water partition coefficient (Wildman–Crippen LogP) is 2.72. The van der Waals surface area contributed by atoms with Gasteiger partial charge in [-0.2, -0.15) is 0 Å². The molecule has 8 atom stereocenters. The normalized spacial score (nSPS) is 30.7. The monoisotopic (exact) mass is 426 g/mol. The van der Waals surface area contributed by atoms with Crippen LogP contribution >= 0.6 is 17.8 Å². The summed E-state index contributed by atoms with van der Waals surface area (Å²) in [5.41, 5.74) is -0.198. The van der Waals surface area contributed by atoms with E-state index in [1.807, 2.05) is 13.8 Å². The van der Waals surface area contributed by atoms with E-state index in [1.54, 1.807) is 16.3 Å². The molecule has 13 heteroatoms. The number of ether oxygens (including phenoxy) is 3. The van der Waals surface area contributed by atoms with Crippen molar-refractivity contribution in [2.24, 2.45) is 16.6 Å². The van der Waals surface area contributed by atoms with Gasteiger partial charge >= 0.3 is 162 Å². The average molecular weight is 426 g/mol. The molecule has 1 fully saturated rings. The quantitative estimate of drug-likeness (QED) is 0.206. The number of esters is 1. The Balaban J connectivity index is 3.21. The number of nitrogens with zero attached hydrogens (tertiary/aromatic N) is 1. The maximum absolute atomic E-state index is 13.1. The number of hydrogen-bond donors (Lipinski definition) is 0. The van der Waals surface area contributed by atoms with Crippen LogP contribution in [0.3, 0.4) is 0 Å². The van der Waals surface area contributed by atoms with Gasteiger partial charge in [-0.1, -0.05) is 0 Å². The molecule has 0 bridgehead atoms. The fourth-order valence-electron chi connectivity index (χ4n) is 2.92. The van der Waals surface area contributed by atoms with Gasteiger partial charge in [0.15, 0.2) is 0 Å². The van der Waals surface area contributed by atoms with E-state index in [-0.39, 0.29) is 26.0 Å². The first-order valence-electron chi connectivity index (χ1n) is 8.44. The van der Waals surface area contributed by atoms with E-state index in [4.69, 9.17) is 14.2 Å². The van der Waals surface area contributed by atoms with Crippen molar-refractivity contribution < 1.29 is 36.9 Å². The molecule has 1 heterocycles. The molecular formula is C14H23B2F3NO5P2. The first-order chi connectivity index (χ1) is 12.6. The molecule has 5 unspecified atom stereocenters. The summed E-state index contributed by atoms with van der Waals surface area (Å²) in [4.78, 5) is 11.5. The fourth-order valence-corrected chi connectivity index (χ4v) is 4.51. The standard InChI is InChI=1S/C14H23B2F3NO5P2/c1-5-6(2)9-11(27-16-15-22)7(3)10(23-8(4)21)12(24-9)25-13(20-26)14(17,18)19/h6-7,9-12,27H,5,26H2,1-4H3/t6-,7+,9?,10?,11-,12?/m0/s1. The van der Waals surface area contributed by atoms with E-state index in [1.165, 1.54) is 6.89 Å². The van der Waals surface area contributed by atoms with Crippen molar-refractivity contribution in [2.45, 2.75) is 64.4 Å². The van der Waals surface area contributed by atoms with Gasteiger partial charge < -0.3 is 0 Å². The molecule has 0 amide bonds. The number of rotatable bonds is 7. The topological polar surface area (TPSA) is 74.2 Å². The average Bonchev–Trinajstić information content (AvgIpc) is 2.58. The Morgan fingerprint density at radius 3 is 2.48 bits per heavy atom. The number of hydrogen-bond acceptors (Lipinski definition) is 6. The van der Waals surface area contributed by atoms with Crippen molar-refractivity contribution in [1.29, 1.82) is 0 Å². The van der Waals surface area contributed by atoms with Crippen LogP contribution in [-0.4, -0.2) is 56.1 Å². The fraction of sp³-hybridized carbons (Fsp3) is 0.857. The number of alkyl halides is 3. The molecule has 6 nitrogen and oxygen atoms in total. The van der Waals surface area contributed by atoms with E-state index in [9.17, 15) is 22.7 Å². The Morgan fingerprint density at radius 2 is 2.04 bits per heavy atom. The third-order valence-corrected chi connectivity index (χ3v) is 6.25. The van der Waals surface area contributed by atoms with E-state index < -0.39 is 36.5 Å². The number of carbonyl (C=O) groups is 1. The van der Waals surface area contributed by atoms with Crippen LogP contribution in [0.4, 0.5) is 13.2 Å². The van der Waals surface area contributed by atoms with Gasteiger partial charge in [0.2, 0.25) is 0 Å². The summed E-state index contributed by atoms with van der Waals surface area (Å²) in [7, 11) is 2.35. The molecule has 0 aromatic carbocycles. The Kier molecular flexibility index (Phi) is 9.87. The van der Waals surface area contributed by atoms with Crippen LogP contribution in [0.25, 0.3) is 0 Å². The first kappa shape index (κ1) is 24.5. The molecule has 151 valence electrons. The van der Waals surface area contributed by atoms with Crippen molar-refractivity contribution in [3.05, 3.63) is 0 Å². The minimum absolute atomic E-state index is 0.00310. The molecule has 0 aromatic rings. The second-order valence-corrected chi connectivity index (χ2v) is 7.92. The van der Waals surface area contributed by atoms with Crippen LogP contribution in [0.15, 0.2) is 4.76 Å². The Hall–Kier alpha value is -0.520. The molecule has 0 aliphatic carbocycles. The molecule has 1 aliphatic rings. The van der Waals surface area contributed by atoms with Gasteiger partial charge in [-0.15, -0.1) is 0 Å². The van der Waals surface area contributed by atoms with Crippen LogP contribution in [0.2, 0.25) is 0 Å². The summed E-state index contributed by atoms with van der Waals surface area (Å²) < 4.78 is 69.1. The predicted molar refractivity (Wildman–Crippen MR) is 101 cm³/mol. The van der Waals surface area contributed by atoms with E-state index in [0.29, 0.717) is 13.5 Å². The second-order valence-electron chi connectivity index (χ2n) is 6.33. The summed E-state index contributed by atoms with van der Waals surface area (Å²) in [6.45, 7) is 8.21. The third kappa shape index (κ3) is 6.79. The van der Waals surface area contributed by atoms with Crippen LogP contribution in [-0.2, 0) is 23.7 Å². The third-order valence-electron chi connectivity index (χ3n) is 4.45. The zero-order valence-corrected chi connectivity index (χ0v) is 17.7. The van der Waals surface area contributed by atoms with Gasteiger partial charge in [0, 0.05) is 0 Å². The van der Waals surface area contributed by atoms with Crippen LogP contribution in [0, 0.1) is 11.8 Å². The molecule has 0 saturated carbocycles. The SMILES string of the molecule is CC[C@H](C)C1OC(OC(=NP)C(F)(F)F)C(OC(C)=O)[C@@H](C)[C@@H]1P[B]B=O. The summed E-state index contributed by atoms with van der Waals surface area (Å²) in [5, 5.41) is 0.